The predicted molar refractivity (Wildman–Crippen MR) is 117 cm³/mol. The lowest BCUT2D eigenvalue weighted by molar-refractivity contribution is -0.0509. The number of aryl methyl sites for hydroxylation is 1. The Hall–Kier alpha value is -2.59. The van der Waals surface area contributed by atoms with Crippen molar-refractivity contribution in [1.29, 1.82) is 0 Å². The maximum Gasteiger partial charge on any atom is 0.387 e. The van der Waals surface area contributed by atoms with E-state index in [2.05, 4.69) is 6.07 Å². The van der Waals surface area contributed by atoms with Gasteiger partial charge in [0.15, 0.2) is 0 Å². The minimum absolute atomic E-state index is 0.140. The Kier molecular flexibility index (Phi) is 7.33. The van der Waals surface area contributed by atoms with E-state index < -0.39 is 6.61 Å². The van der Waals surface area contributed by atoms with Crippen LogP contribution in [0.25, 0.3) is 0 Å². The van der Waals surface area contributed by atoms with Gasteiger partial charge in [0.05, 0.1) is 0 Å². The molecule has 3 aromatic rings. The van der Waals surface area contributed by atoms with E-state index in [0.717, 1.165) is 36.3 Å². The molecule has 0 atom stereocenters. The molecule has 0 aromatic heterocycles. The fraction of sp³-hybridized carbons (Fsp3) is 0.280. The second-order valence-electron chi connectivity index (χ2n) is 7.82. The molecule has 158 valence electrons. The van der Waals surface area contributed by atoms with Gasteiger partial charge in [-0.1, -0.05) is 61.8 Å². The Morgan fingerprint density at radius 2 is 1.63 bits per heavy atom. The van der Waals surface area contributed by atoms with Crippen molar-refractivity contribution in [2.75, 3.05) is 0 Å². The monoisotopic (exact) mass is 430 g/mol. The minimum Gasteiger partial charge on any atom is -0.457 e. The lowest BCUT2D eigenvalue weighted by atomic mass is 9.79. The summed E-state index contributed by atoms with van der Waals surface area (Å²) in [6.45, 7) is 1.18. The molecule has 0 aliphatic rings. The first-order valence-electron chi connectivity index (χ1n) is 9.90. The molecule has 0 amide bonds. The standard InChI is InChI=1S/C25H25ClF2O2/c1-25(2,22-14-13-19(26)17-23(22)30-24(27)28)15-7-9-18-8-6-12-21(16-18)29-20-10-4-3-5-11-20/h3-6,8,10-14,16-17,24H,7,9,15H2,1-2H3. The van der Waals surface area contributed by atoms with E-state index in [4.69, 9.17) is 21.1 Å². The van der Waals surface area contributed by atoms with Crippen LogP contribution >= 0.6 is 11.6 Å². The van der Waals surface area contributed by atoms with Crippen molar-refractivity contribution in [2.45, 2.75) is 45.1 Å². The summed E-state index contributed by atoms with van der Waals surface area (Å²) in [5.74, 6) is 1.73. The van der Waals surface area contributed by atoms with Crippen molar-refractivity contribution in [3.8, 4) is 17.2 Å². The highest BCUT2D eigenvalue weighted by atomic mass is 35.5. The predicted octanol–water partition coefficient (Wildman–Crippen LogP) is 8.03. The Bertz CT molecular complexity index is 958. The van der Waals surface area contributed by atoms with E-state index in [1.165, 1.54) is 11.6 Å². The van der Waals surface area contributed by atoms with Gasteiger partial charge in [-0.2, -0.15) is 8.78 Å². The van der Waals surface area contributed by atoms with E-state index in [1.54, 1.807) is 12.1 Å². The van der Waals surface area contributed by atoms with Crippen LogP contribution in [0.15, 0.2) is 72.8 Å². The fourth-order valence-corrected chi connectivity index (χ4v) is 3.67. The van der Waals surface area contributed by atoms with E-state index >= 15 is 0 Å². The van der Waals surface area contributed by atoms with Crippen molar-refractivity contribution in [3.05, 3.63) is 88.9 Å². The van der Waals surface area contributed by atoms with Crippen molar-refractivity contribution >= 4 is 11.6 Å². The van der Waals surface area contributed by atoms with Gasteiger partial charge < -0.3 is 9.47 Å². The number of ether oxygens (including phenoxy) is 2. The number of para-hydroxylation sites is 1. The molecule has 2 nitrogen and oxygen atoms in total. The molecule has 0 aliphatic carbocycles. The molecule has 30 heavy (non-hydrogen) atoms. The van der Waals surface area contributed by atoms with Crippen molar-refractivity contribution in [2.24, 2.45) is 0 Å². The maximum absolute atomic E-state index is 12.8. The second-order valence-corrected chi connectivity index (χ2v) is 8.26. The number of hydrogen-bond acceptors (Lipinski definition) is 2. The first-order chi connectivity index (χ1) is 14.3. The summed E-state index contributed by atoms with van der Waals surface area (Å²) in [5, 5.41) is 0.375. The molecule has 0 bridgehead atoms. The summed E-state index contributed by atoms with van der Waals surface area (Å²) in [4.78, 5) is 0. The van der Waals surface area contributed by atoms with Crippen LogP contribution in [0.2, 0.25) is 5.02 Å². The highest BCUT2D eigenvalue weighted by Crippen LogP contribution is 2.38. The Morgan fingerprint density at radius 1 is 0.900 bits per heavy atom. The van der Waals surface area contributed by atoms with Crippen LogP contribution in [0.1, 0.15) is 37.8 Å². The van der Waals surface area contributed by atoms with Crippen molar-refractivity contribution in [3.63, 3.8) is 0 Å². The third kappa shape index (κ3) is 6.20. The van der Waals surface area contributed by atoms with Gasteiger partial charge in [0.25, 0.3) is 0 Å². The summed E-state index contributed by atoms with van der Waals surface area (Å²) in [7, 11) is 0. The largest absolute Gasteiger partial charge is 0.457 e. The number of halogens is 3. The summed E-state index contributed by atoms with van der Waals surface area (Å²) in [6, 6.07) is 22.6. The topological polar surface area (TPSA) is 18.5 Å². The molecule has 0 spiro atoms. The van der Waals surface area contributed by atoms with Crippen molar-refractivity contribution in [1.82, 2.24) is 0 Å². The third-order valence-electron chi connectivity index (χ3n) is 5.03. The van der Waals surface area contributed by atoms with Crippen LogP contribution in [0.4, 0.5) is 8.78 Å². The zero-order chi connectivity index (χ0) is 21.6. The van der Waals surface area contributed by atoms with E-state index in [9.17, 15) is 8.78 Å². The highest BCUT2D eigenvalue weighted by Gasteiger charge is 2.25. The molecule has 0 fully saturated rings. The molecular formula is C25H25ClF2O2. The zero-order valence-electron chi connectivity index (χ0n) is 17.1. The molecule has 3 rings (SSSR count). The minimum atomic E-state index is -2.88. The number of benzene rings is 3. The molecule has 3 aromatic carbocycles. The van der Waals surface area contributed by atoms with Gasteiger partial charge in [0, 0.05) is 10.6 Å². The molecule has 0 N–H and O–H groups in total. The lowest BCUT2D eigenvalue weighted by Crippen LogP contribution is -2.19. The third-order valence-corrected chi connectivity index (χ3v) is 5.27. The lowest BCUT2D eigenvalue weighted by Gasteiger charge is -2.27. The maximum atomic E-state index is 12.8. The SMILES string of the molecule is CC(C)(CCCc1cccc(Oc2ccccc2)c1)c1ccc(Cl)cc1OC(F)F. The highest BCUT2D eigenvalue weighted by molar-refractivity contribution is 6.30. The fourth-order valence-electron chi connectivity index (χ4n) is 3.51. The van der Waals surface area contributed by atoms with Gasteiger partial charge in [-0.15, -0.1) is 0 Å². The summed E-state index contributed by atoms with van der Waals surface area (Å²) in [6.07, 6.45) is 2.55. The van der Waals surface area contributed by atoms with Crippen LogP contribution in [0, 0.1) is 0 Å². The summed E-state index contributed by atoms with van der Waals surface area (Å²) in [5.41, 5.74) is 1.56. The first kappa shape index (κ1) is 22.1. The van der Waals surface area contributed by atoms with Crippen LogP contribution in [-0.4, -0.2) is 6.61 Å². The molecular weight excluding hydrogens is 406 g/mol. The summed E-state index contributed by atoms with van der Waals surface area (Å²) < 4.78 is 36.2. The smallest absolute Gasteiger partial charge is 0.387 e. The Balaban J connectivity index is 1.64. The molecule has 0 heterocycles. The van der Waals surface area contributed by atoms with Crippen molar-refractivity contribution < 1.29 is 18.3 Å². The van der Waals surface area contributed by atoms with Crippen LogP contribution in [0.3, 0.4) is 0 Å². The van der Waals surface area contributed by atoms with Crippen LogP contribution < -0.4 is 9.47 Å². The molecule has 0 saturated heterocycles. The number of hydrogen-bond donors (Lipinski definition) is 0. The molecule has 5 heteroatoms. The zero-order valence-corrected chi connectivity index (χ0v) is 17.8. The van der Waals surface area contributed by atoms with Crippen LogP contribution in [0.5, 0.6) is 17.2 Å². The Morgan fingerprint density at radius 3 is 2.37 bits per heavy atom. The van der Waals surface area contributed by atoms with Gasteiger partial charge in [-0.3, -0.25) is 0 Å². The average Bonchev–Trinajstić information content (AvgIpc) is 2.68. The normalized spacial score (nSPS) is 11.5. The van der Waals surface area contributed by atoms with E-state index in [0.29, 0.717) is 5.02 Å². The summed E-state index contributed by atoms with van der Waals surface area (Å²) >= 11 is 5.97. The molecule has 0 aliphatic heterocycles. The number of rotatable bonds is 9. The van der Waals surface area contributed by atoms with E-state index in [-0.39, 0.29) is 11.2 Å². The molecule has 0 radical (unpaired) electrons. The van der Waals surface area contributed by atoms with Crippen LogP contribution in [-0.2, 0) is 11.8 Å². The van der Waals surface area contributed by atoms with Gasteiger partial charge in [-0.25, -0.2) is 0 Å². The van der Waals surface area contributed by atoms with Gasteiger partial charge >= 0.3 is 6.61 Å². The first-order valence-corrected chi connectivity index (χ1v) is 10.3. The molecule has 0 unspecified atom stereocenters. The average molecular weight is 431 g/mol. The second kappa shape index (κ2) is 9.94. The molecule has 0 saturated carbocycles. The van der Waals surface area contributed by atoms with E-state index in [1.807, 2.05) is 62.4 Å². The quantitative estimate of drug-likeness (QED) is 0.342. The number of alkyl halides is 2. The van der Waals surface area contributed by atoms with Gasteiger partial charge in [0.2, 0.25) is 0 Å². The van der Waals surface area contributed by atoms with Gasteiger partial charge in [-0.05, 0) is 66.6 Å². The van der Waals surface area contributed by atoms with Gasteiger partial charge in [0.1, 0.15) is 17.2 Å². The Labute approximate surface area is 181 Å².